The lowest BCUT2D eigenvalue weighted by Crippen LogP contribution is -2.49. The van der Waals surface area contributed by atoms with Gasteiger partial charge in [-0.15, -0.1) is 0 Å². The van der Waals surface area contributed by atoms with E-state index in [9.17, 15) is 19.7 Å². The van der Waals surface area contributed by atoms with Gasteiger partial charge in [0.25, 0.3) is 11.6 Å². The molecule has 0 bridgehead atoms. The van der Waals surface area contributed by atoms with Crippen LogP contribution in [0.3, 0.4) is 0 Å². The van der Waals surface area contributed by atoms with Gasteiger partial charge in [-0.2, -0.15) is 0 Å². The SMILES string of the molecule is C[C@@H]1CN(C(=O)COC(=O)c2ccc(N3CCCCCC3)c([N+](=O)[O-])c2)C[C@@H](C)O1. The lowest BCUT2D eigenvalue weighted by atomic mass is 10.1. The molecular weight excluding hydrogens is 390 g/mol. The first kappa shape index (κ1) is 22.0. The molecule has 30 heavy (non-hydrogen) atoms. The van der Waals surface area contributed by atoms with Crippen molar-refractivity contribution in [1.82, 2.24) is 4.90 Å². The summed E-state index contributed by atoms with van der Waals surface area (Å²) in [5.41, 5.74) is 0.469. The van der Waals surface area contributed by atoms with Crippen molar-refractivity contribution in [3.63, 3.8) is 0 Å². The van der Waals surface area contributed by atoms with Crippen molar-refractivity contribution in [2.45, 2.75) is 51.7 Å². The Hall–Kier alpha value is -2.68. The van der Waals surface area contributed by atoms with Crippen molar-refractivity contribution < 1.29 is 24.0 Å². The molecule has 2 aliphatic rings. The van der Waals surface area contributed by atoms with Crippen molar-refractivity contribution >= 4 is 23.3 Å². The van der Waals surface area contributed by atoms with Gasteiger partial charge >= 0.3 is 5.97 Å². The van der Waals surface area contributed by atoms with E-state index in [1.165, 1.54) is 12.1 Å². The fourth-order valence-electron chi connectivity index (χ4n) is 4.06. The summed E-state index contributed by atoms with van der Waals surface area (Å²) >= 11 is 0. The van der Waals surface area contributed by atoms with Gasteiger partial charge in [0.15, 0.2) is 6.61 Å². The molecular formula is C21H29N3O6. The smallest absolute Gasteiger partial charge is 0.338 e. The third-order valence-electron chi connectivity index (χ3n) is 5.45. The minimum absolute atomic E-state index is 0.0665. The molecule has 0 spiro atoms. The molecule has 2 atom stereocenters. The summed E-state index contributed by atoms with van der Waals surface area (Å²) in [7, 11) is 0. The Morgan fingerprint density at radius 1 is 1.13 bits per heavy atom. The number of amides is 1. The van der Waals surface area contributed by atoms with Crippen LogP contribution in [0.25, 0.3) is 0 Å². The second-order valence-corrected chi connectivity index (χ2v) is 7.99. The maximum absolute atomic E-state index is 12.4. The number of carbonyl (C=O) groups excluding carboxylic acids is 2. The molecule has 0 aromatic heterocycles. The van der Waals surface area contributed by atoms with Gasteiger partial charge in [0.05, 0.1) is 22.7 Å². The van der Waals surface area contributed by atoms with Gasteiger partial charge in [-0.05, 0) is 38.8 Å². The molecule has 1 amide bonds. The highest BCUT2D eigenvalue weighted by molar-refractivity contribution is 5.93. The monoisotopic (exact) mass is 419 g/mol. The average Bonchev–Trinajstić information content (AvgIpc) is 3.00. The van der Waals surface area contributed by atoms with E-state index in [0.717, 1.165) is 38.8 Å². The highest BCUT2D eigenvalue weighted by atomic mass is 16.6. The van der Waals surface area contributed by atoms with E-state index in [0.29, 0.717) is 18.8 Å². The number of carbonyl (C=O) groups is 2. The molecule has 3 rings (SSSR count). The summed E-state index contributed by atoms with van der Waals surface area (Å²) < 4.78 is 10.7. The number of morpholine rings is 1. The second kappa shape index (κ2) is 9.88. The molecule has 0 unspecified atom stereocenters. The topological polar surface area (TPSA) is 102 Å². The van der Waals surface area contributed by atoms with Gasteiger partial charge < -0.3 is 19.3 Å². The lowest BCUT2D eigenvalue weighted by Gasteiger charge is -2.35. The Kier molecular flexibility index (Phi) is 7.25. The molecule has 9 nitrogen and oxygen atoms in total. The van der Waals surface area contributed by atoms with E-state index in [1.807, 2.05) is 18.7 Å². The summed E-state index contributed by atoms with van der Waals surface area (Å²) in [6.07, 6.45) is 4.04. The van der Waals surface area contributed by atoms with Crippen molar-refractivity contribution in [3.8, 4) is 0 Å². The molecule has 1 aromatic rings. The molecule has 2 saturated heterocycles. The minimum atomic E-state index is -0.747. The molecule has 164 valence electrons. The van der Waals surface area contributed by atoms with Crippen LogP contribution in [-0.2, 0) is 14.3 Å². The van der Waals surface area contributed by atoms with Crippen molar-refractivity contribution in [3.05, 3.63) is 33.9 Å². The highest BCUT2D eigenvalue weighted by Crippen LogP contribution is 2.31. The normalized spacial score (nSPS) is 22.3. The largest absolute Gasteiger partial charge is 0.452 e. The van der Waals surface area contributed by atoms with Crippen LogP contribution in [-0.4, -0.2) is 66.7 Å². The Labute approximate surface area is 176 Å². The number of ether oxygens (including phenoxy) is 2. The van der Waals surface area contributed by atoms with E-state index in [1.54, 1.807) is 11.0 Å². The summed E-state index contributed by atoms with van der Waals surface area (Å²) in [5.74, 6) is -1.05. The van der Waals surface area contributed by atoms with Crippen molar-refractivity contribution in [2.75, 3.05) is 37.7 Å². The molecule has 1 aromatic carbocycles. The number of rotatable bonds is 5. The molecule has 0 saturated carbocycles. The van der Waals surface area contributed by atoms with Crippen LogP contribution in [0.2, 0.25) is 0 Å². The average molecular weight is 419 g/mol. The third kappa shape index (κ3) is 5.47. The van der Waals surface area contributed by atoms with E-state index >= 15 is 0 Å². The Morgan fingerprint density at radius 2 is 1.77 bits per heavy atom. The van der Waals surface area contributed by atoms with Crippen molar-refractivity contribution in [1.29, 1.82) is 0 Å². The number of esters is 1. The van der Waals surface area contributed by atoms with Gasteiger partial charge in [0.1, 0.15) is 5.69 Å². The third-order valence-corrected chi connectivity index (χ3v) is 5.45. The summed E-state index contributed by atoms with van der Waals surface area (Å²) in [4.78, 5) is 39.5. The maximum atomic E-state index is 12.4. The molecule has 0 aliphatic carbocycles. The van der Waals surface area contributed by atoms with Crippen LogP contribution in [0, 0.1) is 10.1 Å². The fourth-order valence-corrected chi connectivity index (χ4v) is 4.06. The highest BCUT2D eigenvalue weighted by Gasteiger charge is 2.27. The first-order valence-corrected chi connectivity index (χ1v) is 10.5. The number of hydrogen-bond acceptors (Lipinski definition) is 7. The predicted molar refractivity (Wildman–Crippen MR) is 111 cm³/mol. The van der Waals surface area contributed by atoms with Gasteiger partial charge in [-0.3, -0.25) is 14.9 Å². The predicted octanol–water partition coefficient (Wildman–Crippen LogP) is 2.77. The number of nitrogens with zero attached hydrogens (tertiary/aromatic N) is 3. The Bertz CT molecular complexity index is 781. The van der Waals surface area contributed by atoms with Crippen LogP contribution in [0.1, 0.15) is 49.9 Å². The second-order valence-electron chi connectivity index (χ2n) is 7.99. The summed E-state index contributed by atoms with van der Waals surface area (Å²) in [5, 5.41) is 11.6. The van der Waals surface area contributed by atoms with Gasteiger partial charge in [0.2, 0.25) is 0 Å². The zero-order valence-corrected chi connectivity index (χ0v) is 17.5. The standard InChI is InChI=1S/C21H29N3O6/c1-15-12-23(13-16(2)30-15)20(25)14-29-21(26)17-7-8-18(19(11-17)24(27)28)22-9-5-3-4-6-10-22/h7-8,11,15-16H,3-6,9-10,12-14H2,1-2H3/t15-,16-/m1/s1. The number of hydrogen-bond donors (Lipinski definition) is 0. The number of benzene rings is 1. The quantitative estimate of drug-likeness (QED) is 0.411. The van der Waals surface area contributed by atoms with Crippen LogP contribution >= 0.6 is 0 Å². The molecule has 2 fully saturated rings. The fraction of sp³-hybridized carbons (Fsp3) is 0.619. The summed E-state index contributed by atoms with van der Waals surface area (Å²) in [6, 6.07) is 4.37. The summed E-state index contributed by atoms with van der Waals surface area (Å²) in [6.45, 7) is 5.76. The van der Waals surface area contributed by atoms with Crippen LogP contribution < -0.4 is 4.90 Å². The lowest BCUT2D eigenvalue weighted by molar-refractivity contribution is -0.384. The van der Waals surface area contributed by atoms with Gasteiger partial charge in [-0.25, -0.2) is 4.79 Å². The van der Waals surface area contributed by atoms with Crippen LogP contribution in [0.15, 0.2) is 18.2 Å². The Morgan fingerprint density at radius 3 is 2.37 bits per heavy atom. The maximum Gasteiger partial charge on any atom is 0.338 e. The molecule has 2 aliphatic heterocycles. The number of nitro groups is 1. The van der Waals surface area contributed by atoms with Gasteiger partial charge in [0, 0.05) is 32.2 Å². The molecule has 2 heterocycles. The molecule has 0 radical (unpaired) electrons. The van der Waals surface area contributed by atoms with Crippen molar-refractivity contribution in [2.24, 2.45) is 0 Å². The first-order chi connectivity index (χ1) is 14.3. The molecule has 0 N–H and O–H groups in total. The first-order valence-electron chi connectivity index (χ1n) is 10.5. The molecule has 9 heteroatoms. The van der Waals surface area contributed by atoms with Crippen LogP contribution in [0.4, 0.5) is 11.4 Å². The zero-order valence-electron chi connectivity index (χ0n) is 17.5. The van der Waals surface area contributed by atoms with E-state index in [4.69, 9.17) is 9.47 Å². The minimum Gasteiger partial charge on any atom is -0.452 e. The van der Waals surface area contributed by atoms with E-state index in [-0.39, 0.29) is 29.4 Å². The Balaban J connectivity index is 1.66. The van der Waals surface area contributed by atoms with Gasteiger partial charge in [-0.1, -0.05) is 12.8 Å². The number of nitro benzene ring substituents is 1. The van der Waals surface area contributed by atoms with E-state index in [2.05, 4.69) is 0 Å². The number of anilines is 1. The van der Waals surface area contributed by atoms with Crippen LogP contribution in [0.5, 0.6) is 0 Å². The zero-order chi connectivity index (χ0) is 21.7. The van der Waals surface area contributed by atoms with E-state index < -0.39 is 17.5 Å².